The molecule has 9 aromatic rings. The van der Waals surface area contributed by atoms with Gasteiger partial charge in [0, 0.05) is 60.3 Å². The molecule has 0 fully saturated rings. The molecule has 28 nitrogen and oxygen atoms in total. The molecular formula is C49H43Br3N20O8. The van der Waals surface area contributed by atoms with Crippen molar-refractivity contribution in [3.05, 3.63) is 122 Å². The lowest BCUT2D eigenvalue weighted by atomic mass is 10.2. The van der Waals surface area contributed by atoms with Crippen molar-refractivity contribution in [1.29, 1.82) is 0 Å². The Balaban J connectivity index is 0.000000136. The van der Waals surface area contributed by atoms with Gasteiger partial charge in [0.2, 0.25) is 5.88 Å². The predicted octanol–water partition coefficient (Wildman–Crippen LogP) is 6.39. The van der Waals surface area contributed by atoms with Crippen molar-refractivity contribution in [2.75, 3.05) is 57.3 Å². The molecule has 0 bridgehead atoms. The van der Waals surface area contributed by atoms with Crippen LogP contribution >= 0.6 is 47.8 Å². The predicted molar refractivity (Wildman–Crippen MR) is 307 cm³/mol. The van der Waals surface area contributed by atoms with E-state index in [2.05, 4.69) is 143 Å². The molecule has 0 aliphatic carbocycles. The number of fused-ring (bicyclic) bond motifs is 6. The molecule has 0 saturated carbocycles. The number of amides is 1. The zero-order valence-corrected chi connectivity index (χ0v) is 47.0. The molecule has 0 spiro atoms. The van der Waals surface area contributed by atoms with Gasteiger partial charge in [-0.05, 0) is 93.0 Å². The van der Waals surface area contributed by atoms with Crippen LogP contribution in [0.15, 0.2) is 75.2 Å². The minimum Gasteiger partial charge on any atom is -0.480 e. The average Bonchev–Trinajstić information content (AvgIpc) is 4.32. The first kappa shape index (κ1) is 54.3. The Kier molecular flexibility index (Phi) is 15.4. The lowest BCUT2D eigenvalue weighted by Gasteiger charge is -2.18. The Bertz CT molecular complexity index is 4200. The van der Waals surface area contributed by atoms with Crippen molar-refractivity contribution in [3.63, 3.8) is 0 Å². The van der Waals surface area contributed by atoms with Crippen LogP contribution in [-0.4, -0.2) is 158 Å². The maximum atomic E-state index is 13.0. The van der Waals surface area contributed by atoms with Crippen molar-refractivity contribution in [1.82, 2.24) is 69.6 Å². The van der Waals surface area contributed by atoms with E-state index in [0.29, 0.717) is 113 Å². The fourth-order valence-electron chi connectivity index (χ4n) is 8.56. The van der Waals surface area contributed by atoms with Crippen LogP contribution in [0.4, 0.5) is 34.5 Å². The molecular weight excluding hydrogens is 1240 g/mol. The second-order valence-electron chi connectivity index (χ2n) is 18.0. The largest absolute Gasteiger partial charge is 0.480 e. The topological polar surface area (TPSA) is 384 Å². The fraction of sp³-hybridized carbons (Fsp3) is 0.204. The second-order valence-corrected chi connectivity index (χ2v) is 20.4. The third-order valence-electron chi connectivity index (χ3n) is 12.5. The highest BCUT2D eigenvalue weighted by atomic mass is 79.9. The molecule has 1 amide bonds. The lowest BCUT2D eigenvalue weighted by molar-refractivity contribution is 0.0680. The van der Waals surface area contributed by atoms with Crippen LogP contribution in [0.3, 0.4) is 0 Å². The van der Waals surface area contributed by atoms with Gasteiger partial charge in [0.15, 0.2) is 0 Å². The zero-order chi connectivity index (χ0) is 56.5. The third-order valence-corrected chi connectivity index (χ3v) is 14.9. The second kappa shape index (κ2) is 22.7. The first-order valence-electron chi connectivity index (χ1n) is 23.8. The minimum atomic E-state index is -1.13. The van der Waals surface area contributed by atoms with Crippen LogP contribution in [0.5, 0.6) is 5.88 Å². The summed E-state index contributed by atoms with van der Waals surface area (Å²) in [7, 11) is 7.30. The standard InChI is InChI=1S/C20H23BrN8O2.C15H11BrN6O3.C14H9BrN6O3/c1-28(2)5-4-6-29(3)20(31)16-15(21)14-17(23-10-24-18(14)27-16)25-12-7-11-8-22-9-13(11)26-19(12)30;1-25-14-7(2-6-3-17-4-8(6)21-14)20-12-9-10(16)11(15(23)24)22-13(9)19-5-18-12;15-9-8-11(17-4-18-12(8)21-10(9)14(23)24)19-6-1-5-2-16-3-7(5)20-13(6)22/h7-8,10H,4-6,9H2,1-3H3,(H,26,30)(H2,23,24,25,27);2-3,5H,4H2,1H3,(H,23,24)(H2,18,19,20,22);1-2,4H,3H2,(H,20,22)(H,23,24)(H2,17,18,19,21). The number of carboxylic acids is 2. The lowest BCUT2D eigenvalue weighted by Crippen LogP contribution is -2.30. The number of aromatic nitrogens is 12. The number of halogens is 3. The van der Waals surface area contributed by atoms with Crippen molar-refractivity contribution in [2.45, 2.75) is 26.1 Å². The van der Waals surface area contributed by atoms with E-state index >= 15 is 0 Å². The number of methoxy groups -OCH3 is 1. The number of H-pyrrole nitrogens is 5. The molecule has 0 aromatic carbocycles. The summed E-state index contributed by atoms with van der Waals surface area (Å²) in [6.45, 7) is 2.97. The minimum absolute atomic E-state index is 0.00438. The van der Waals surface area contributed by atoms with E-state index in [-0.39, 0.29) is 34.1 Å². The Morgan fingerprint density at radius 3 is 1.48 bits per heavy atom. The van der Waals surface area contributed by atoms with Gasteiger partial charge in [-0.1, -0.05) is 0 Å². The molecule has 12 rings (SSSR count). The molecule has 31 heteroatoms. The first-order chi connectivity index (χ1) is 38.5. The van der Waals surface area contributed by atoms with Gasteiger partial charge in [0.25, 0.3) is 17.0 Å². The summed E-state index contributed by atoms with van der Waals surface area (Å²) >= 11 is 10.1. The number of aromatic amines is 5. The number of aliphatic imine (C=N–C) groups is 3. The molecule has 408 valence electrons. The fourth-order valence-corrected chi connectivity index (χ4v) is 10.5. The monoisotopic (exact) mass is 1280 g/mol. The maximum absolute atomic E-state index is 13.0. The molecule has 12 heterocycles. The quantitative estimate of drug-likeness (QED) is 0.0563. The van der Waals surface area contributed by atoms with Crippen molar-refractivity contribution in [3.8, 4) is 5.88 Å². The molecule has 9 aromatic heterocycles. The number of carbonyl (C=O) groups is 3. The van der Waals surface area contributed by atoms with Gasteiger partial charge in [-0.25, -0.2) is 44.5 Å². The van der Waals surface area contributed by atoms with E-state index in [1.807, 2.05) is 20.2 Å². The van der Waals surface area contributed by atoms with Crippen LogP contribution in [-0.2, 0) is 19.6 Å². The van der Waals surface area contributed by atoms with E-state index in [1.165, 1.54) is 26.1 Å². The van der Waals surface area contributed by atoms with E-state index in [9.17, 15) is 34.2 Å². The summed E-state index contributed by atoms with van der Waals surface area (Å²) in [5, 5.41) is 29.2. The first-order valence-corrected chi connectivity index (χ1v) is 26.2. The summed E-state index contributed by atoms with van der Waals surface area (Å²) in [5.41, 5.74) is 7.20. The summed E-state index contributed by atoms with van der Waals surface area (Å²) in [6, 6.07) is 5.28. The summed E-state index contributed by atoms with van der Waals surface area (Å²) in [6.07, 6.45) is 10.0. The van der Waals surface area contributed by atoms with Crippen LogP contribution < -0.4 is 31.8 Å². The number of aromatic carboxylic acids is 2. The van der Waals surface area contributed by atoms with E-state index in [1.54, 1.807) is 42.7 Å². The van der Waals surface area contributed by atoms with Crippen molar-refractivity contribution in [2.24, 2.45) is 15.0 Å². The third kappa shape index (κ3) is 10.9. The molecule has 0 atom stereocenters. The maximum Gasteiger partial charge on any atom is 0.353 e. The van der Waals surface area contributed by atoms with E-state index in [4.69, 9.17) is 4.74 Å². The van der Waals surface area contributed by atoms with E-state index in [0.717, 1.165) is 46.7 Å². The van der Waals surface area contributed by atoms with Crippen LogP contribution in [0.1, 0.15) is 71.7 Å². The van der Waals surface area contributed by atoms with Crippen molar-refractivity contribution < 1.29 is 29.3 Å². The molecule has 3 aliphatic heterocycles. The van der Waals surface area contributed by atoms with Crippen LogP contribution in [0, 0.1) is 0 Å². The van der Waals surface area contributed by atoms with Crippen LogP contribution in [0.2, 0.25) is 0 Å². The highest BCUT2D eigenvalue weighted by Gasteiger charge is 2.25. The van der Waals surface area contributed by atoms with Gasteiger partial charge in [-0.3, -0.25) is 29.4 Å². The van der Waals surface area contributed by atoms with E-state index < -0.39 is 11.9 Å². The normalized spacial score (nSPS) is 12.5. The average molecular weight is 1280 g/mol. The van der Waals surface area contributed by atoms with Gasteiger partial charge < -0.3 is 65.6 Å². The van der Waals surface area contributed by atoms with Gasteiger partial charge in [-0.2, -0.15) is 0 Å². The molecule has 0 unspecified atom stereocenters. The Morgan fingerprint density at radius 2 is 1.01 bits per heavy atom. The van der Waals surface area contributed by atoms with Crippen molar-refractivity contribution >= 4 is 152 Å². The van der Waals surface area contributed by atoms with Gasteiger partial charge >= 0.3 is 11.9 Å². The number of hydrogen-bond acceptors (Lipinski definition) is 20. The number of carbonyl (C=O) groups excluding carboxylic acids is 1. The Morgan fingerprint density at radius 1 is 0.588 bits per heavy atom. The number of rotatable bonds is 14. The number of ether oxygens (including phenoxy) is 1. The highest BCUT2D eigenvalue weighted by Crippen LogP contribution is 2.37. The molecule has 3 aliphatic rings. The van der Waals surface area contributed by atoms with Crippen LogP contribution in [0.25, 0.3) is 33.1 Å². The number of nitrogens with zero attached hydrogens (tertiary/aromatic N) is 12. The SMILES string of the molecule is CN(C)CCCN(C)C(=O)c1[nH]c2ncnc(Nc3cc4c([nH]c3=O)CN=C4)c2c1Br.COc1nc2c(cc1Nc1ncnc3[nH]c(C(=O)O)c(Br)c13)C=NC2.O=C(O)c1[nH]c2ncnc(Nc3cc4c([nH]c3=O)CN=C4)c2c1Br. The molecule has 80 heavy (non-hydrogen) atoms. The number of anilines is 6. The summed E-state index contributed by atoms with van der Waals surface area (Å²) in [4.78, 5) is 120. The highest BCUT2D eigenvalue weighted by molar-refractivity contribution is 9.11. The number of pyridine rings is 3. The molecule has 0 radical (unpaired) electrons. The smallest absolute Gasteiger partial charge is 0.353 e. The number of carboxylic acid groups (broad SMARTS) is 2. The van der Waals surface area contributed by atoms with Gasteiger partial charge in [-0.15, -0.1) is 0 Å². The Labute approximate surface area is 474 Å². The molecule has 0 saturated heterocycles. The summed E-state index contributed by atoms with van der Waals surface area (Å²) < 4.78 is 6.57. The van der Waals surface area contributed by atoms with Gasteiger partial charge in [0.1, 0.15) is 87.5 Å². The summed E-state index contributed by atoms with van der Waals surface area (Å²) in [5.74, 6) is -0.807. The zero-order valence-electron chi connectivity index (χ0n) is 42.3. The number of nitrogens with one attached hydrogen (secondary N) is 8. The van der Waals surface area contributed by atoms with Gasteiger partial charge in [0.05, 0.1) is 62.0 Å². The molecule has 10 N–H and O–H groups in total. The Hall–Kier alpha value is -9.07. The number of hydrogen-bond donors (Lipinski definition) is 10.